The van der Waals surface area contributed by atoms with Crippen molar-refractivity contribution < 1.29 is 17.9 Å². The van der Waals surface area contributed by atoms with Gasteiger partial charge in [-0.05, 0) is 6.07 Å². The maximum atomic E-state index is 14.0. The Balaban J connectivity index is 2.47. The zero-order valence-electron chi connectivity index (χ0n) is 10.5. The van der Waals surface area contributed by atoms with Crippen molar-refractivity contribution in [1.29, 1.82) is 0 Å². The van der Waals surface area contributed by atoms with Gasteiger partial charge in [-0.15, -0.1) is 0 Å². The number of methoxy groups -OCH3 is 1. The zero-order chi connectivity index (χ0) is 14.0. The summed E-state index contributed by atoms with van der Waals surface area (Å²) in [5.74, 6) is -0.443. The molecule has 0 amide bonds. The van der Waals surface area contributed by atoms with E-state index in [2.05, 4.69) is 15.9 Å². The van der Waals surface area contributed by atoms with Crippen LogP contribution in [0.1, 0.15) is 28.6 Å². The van der Waals surface area contributed by atoms with Crippen molar-refractivity contribution in [2.24, 2.45) is 0 Å². The van der Waals surface area contributed by atoms with Gasteiger partial charge in [0.05, 0.1) is 18.2 Å². The molecule has 0 N–H and O–H groups in total. The lowest BCUT2D eigenvalue weighted by molar-refractivity contribution is 0.405. The summed E-state index contributed by atoms with van der Waals surface area (Å²) in [4.78, 5) is -0.591. The normalized spacial score (nSPS) is 12.5. The Morgan fingerprint density at radius 2 is 1.95 bits per heavy atom. The van der Waals surface area contributed by atoms with E-state index in [-0.39, 0.29) is 11.3 Å². The highest BCUT2D eigenvalue weighted by Gasteiger charge is 2.23. The van der Waals surface area contributed by atoms with Crippen molar-refractivity contribution in [3.05, 3.63) is 53.0 Å². The van der Waals surface area contributed by atoms with E-state index in [1.807, 2.05) is 6.92 Å². The van der Waals surface area contributed by atoms with Gasteiger partial charge in [0, 0.05) is 29.7 Å². The lowest BCUT2D eigenvalue weighted by Gasteiger charge is -2.13. The number of aryl methyl sites for hydroxylation is 1. The third-order valence-corrected chi connectivity index (χ3v) is 3.87. The second-order valence-corrected chi connectivity index (χ2v) is 4.94. The predicted octanol–water partition coefficient (Wildman–Crippen LogP) is 4.61. The fraction of sp³-hybridized carbons (Fsp3) is 0.286. The molecular formula is C14H13BrF2O2. The number of hydrogen-bond donors (Lipinski definition) is 0. The molecule has 0 radical (unpaired) electrons. The third-order valence-electron chi connectivity index (χ3n) is 2.92. The molecule has 2 aromatic rings. The molecule has 0 aliphatic carbocycles. The van der Waals surface area contributed by atoms with Crippen LogP contribution in [0.25, 0.3) is 0 Å². The van der Waals surface area contributed by atoms with Crippen molar-refractivity contribution in [2.45, 2.75) is 18.2 Å². The highest BCUT2D eigenvalue weighted by molar-refractivity contribution is 9.09. The van der Waals surface area contributed by atoms with Crippen LogP contribution in [-0.4, -0.2) is 7.11 Å². The molecule has 5 heteroatoms. The minimum Gasteiger partial charge on any atom is -0.497 e. The van der Waals surface area contributed by atoms with Gasteiger partial charge in [-0.3, -0.25) is 0 Å². The Kier molecular flexibility index (Phi) is 4.24. The van der Waals surface area contributed by atoms with Gasteiger partial charge in [0.25, 0.3) is 0 Å². The Morgan fingerprint density at radius 1 is 1.32 bits per heavy atom. The standard InChI is InChI=1S/C14H13BrF2O2/c1-3-12-9(4-5-19-12)14(15)13-10(16)6-8(18-2)7-11(13)17/h4-7,14H,3H2,1-2H3. The average Bonchev–Trinajstić information content (AvgIpc) is 2.85. The maximum Gasteiger partial charge on any atom is 0.134 e. The average molecular weight is 331 g/mol. The first-order valence-corrected chi connectivity index (χ1v) is 6.73. The van der Waals surface area contributed by atoms with E-state index in [1.54, 1.807) is 6.07 Å². The summed E-state index contributed by atoms with van der Waals surface area (Å²) in [5.41, 5.74) is 0.683. The molecule has 1 atom stereocenters. The van der Waals surface area contributed by atoms with Gasteiger partial charge in [-0.1, -0.05) is 22.9 Å². The van der Waals surface area contributed by atoms with Crippen molar-refractivity contribution >= 4 is 15.9 Å². The number of ether oxygens (including phenoxy) is 1. The van der Waals surface area contributed by atoms with Crippen molar-refractivity contribution in [2.75, 3.05) is 7.11 Å². The molecule has 19 heavy (non-hydrogen) atoms. The van der Waals surface area contributed by atoms with Gasteiger partial charge in [0.1, 0.15) is 23.1 Å². The van der Waals surface area contributed by atoms with Crippen LogP contribution in [0.5, 0.6) is 5.75 Å². The molecule has 0 fully saturated rings. The van der Waals surface area contributed by atoms with Crippen LogP contribution in [0.2, 0.25) is 0 Å². The summed E-state index contributed by atoms with van der Waals surface area (Å²) in [6, 6.07) is 4.04. The fourth-order valence-electron chi connectivity index (χ4n) is 1.94. The minimum absolute atomic E-state index is 0.0445. The molecule has 0 saturated heterocycles. The van der Waals surface area contributed by atoms with E-state index >= 15 is 0 Å². The van der Waals surface area contributed by atoms with Crippen molar-refractivity contribution in [3.63, 3.8) is 0 Å². The van der Waals surface area contributed by atoms with Crippen LogP contribution in [-0.2, 0) is 6.42 Å². The summed E-state index contributed by atoms with van der Waals surface area (Å²) in [5, 5.41) is 0. The first-order valence-electron chi connectivity index (χ1n) is 5.81. The Labute approximate surface area is 118 Å². The third kappa shape index (κ3) is 2.66. The van der Waals surface area contributed by atoms with Crippen molar-refractivity contribution in [3.8, 4) is 5.75 Å². The highest BCUT2D eigenvalue weighted by atomic mass is 79.9. The summed E-state index contributed by atoms with van der Waals surface area (Å²) in [6.07, 6.45) is 2.17. The van der Waals surface area contributed by atoms with Crippen LogP contribution in [0.4, 0.5) is 8.78 Å². The number of hydrogen-bond acceptors (Lipinski definition) is 2. The van der Waals surface area contributed by atoms with Gasteiger partial charge in [-0.25, -0.2) is 8.78 Å². The smallest absolute Gasteiger partial charge is 0.134 e. The molecule has 1 heterocycles. The van der Waals surface area contributed by atoms with Crippen LogP contribution >= 0.6 is 15.9 Å². The van der Waals surface area contributed by atoms with Crippen LogP contribution in [0.15, 0.2) is 28.9 Å². The van der Waals surface area contributed by atoms with Gasteiger partial charge >= 0.3 is 0 Å². The fourth-order valence-corrected chi connectivity index (χ4v) is 2.79. The molecule has 0 spiro atoms. The molecule has 1 unspecified atom stereocenters. The van der Waals surface area contributed by atoms with Crippen LogP contribution in [0, 0.1) is 11.6 Å². The number of alkyl halides is 1. The SMILES string of the molecule is CCc1occc1C(Br)c1c(F)cc(OC)cc1F. The van der Waals surface area contributed by atoms with Crippen LogP contribution in [0.3, 0.4) is 0 Å². The molecule has 0 bridgehead atoms. The van der Waals surface area contributed by atoms with Gasteiger partial charge in [-0.2, -0.15) is 0 Å². The monoisotopic (exact) mass is 330 g/mol. The molecule has 0 aliphatic rings. The van der Waals surface area contributed by atoms with Crippen molar-refractivity contribution in [1.82, 2.24) is 0 Å². The van der Waals surface area contributed by atoms with E-state index in [4.69, 9.17) is 9.15 Å². The molecule has 2 nitrogen and oxygen atoms in total. The highest BCUT2D eigenvalue weighted by Crippen LogP contribution is 2.37. The summed E-state index contributed by atoms with van der Waals surface area (Å²) in [6.45, 7) is 1.92. The Bertz CT molecular complexity index is 558. The molecule has 1 aromatic heterocycles. The number of rotatable bonds is 4. The first kappa shape index (κ1) is 14.1. The molecular weight excluding hydrogens is 318 g/mol. The second-order valence-electron chi connectivity index (χ2n) is 4.02. The number of furan rings is 1. The summed E-state index contributed by atoms with van der Waals surface area (Å²) < 4.78 is 38.1. The lowest BCUT2D eigenvalue weighted by atomic mass is 10.0. The molecule has 0 saturated carbocycles. The quantitative estimate of drug-likeness (QED) is 0.763. The topological polar surface area (TPSA) is 22.4 Å². The lowest BCUT2D eigenvalue weighted by Crippen LogP contribution is -2.02. The maximum absolute atomic E-state index is 14.0. The van der Waals surface area contributed by atoms with Gasteiger partial charge in [0.2, 0.25) is 0 Å². The summed E-state index contributed by atoms with van der Waals surface area (Å²) >= 11 is 3.33. The number of halogens is 3. The molecule has 0 aliphatic heterocycles. The minimum atomic E-state index is -0.651. The Morgan fingerprint density at radius 3 is 2.47 bits per heavy atom. The van der Waals surface area contributed by atoms with Crippen LogP contribution < -0.4 is 4.74 Å². The van der Waals surface area contributed by atoms with E-state index in [0.29, 0.717) is 12.2 Å². The molecule has 2 rings (SSSR count). The van der Waals surface area contributed by atoms with Gasteiger partial charge < -0.3 is 9.15 Å². The largest absolute Gasteiger partial charge is 0.497 e. The van der Waals surface area contributed by atoms with E-state index < -0.39 is 16.5 Å². The van der Waals surface area contributed by atoms with Gasteiger partial charge in [0.15, 0.2) is 0 Å². The van der Waals surface area contributed by atoms with E-state index in [1.165, 1.54) is 25.5 Å². The summed E-state index contributed by atoms with van der Waals surface area (Å²) in [7, 11) is 1.37. The second kappa shape index (κ2) is 5.74. The molecule has 1 aromatic carbocycles. The zero-order valence-corrected chi connectivity index (χ0v) is 12.1. The van der Waals surface area contributed by atoms with E-state index in [0.717, 1.165) is 5.56 Å². The predicted molar refractivity (Wildman–Crippen MR) is 71.8 cm³/mol. The van der Waals surface area contributed by atoms with E-state index in [9.17, 15) is 8.78 Å². The first-order chi connectivity index (χ1) is 9.08. The molecule has 102 valence electrons. The number of benzene rings is 1. The Hall–Kier alpha value is -1.36.